The Morgan fingerprint density at radius 3 is 2.40 bits per heavy atom. The quantitative estimate of drug-likeness (QED) is 0.313. The van der Waals surface area contributed by atoms with Crippen molar-refractivity contribution in [3.63, 3.8) is 0 Å². The lowest BCUT2D eigenvalue weighted by molar-refractivity contribution is 0.102. The van der Waals surface area contributed by atoms with Crippen molar-refractivity contribution in [2.75, 3.05) is 12.4 Å². The summed E-state index contributed by atoms with van der Waals surface area (Å²) in [5.41, 5.74) is 6.02. The molecule has 180 valence electrons. The summed E-state index contributed by atoms with van der Waals surface area (Å²) in [6.07, 6.45) is 0. The van der Waals surface area contributed by atoms with Gasteiger partial charge in [0.15, 0.2) is 0 Å². The molecule has 0 radical (unpaired) electrons. The van der Waals surface area contributed by atoms with E-state index in [4.69, 9.17) is 21.1 Å². The number of ether oxygens (including phenoxy) is 2. The maximum absolute atomic E-state index is 13.1. The Bertz CT molecular complexity index is 1330. The molecule has 0 aliphatic rings. The van der Waals surface area contributed by atoms with Gasteiger partial charge in [0.1, 0.15) is 18.1 Å². The van der Waals surface area contributed by atoms with Gasteiger partial charge in [0.2, 0.25) is 0 Å². The SMILES string of the molecule is COc1ccc(C(=O)Nc2c(C)nn(Cc3ccc(C)cc3)c2C)cc1COc1ccc(Cl)cc1. The zero-order chi connectivity index (χ0) is 24.9. The number of carbonyl (C=O) groups excluding carboxylic acids is 1. The molecule has 0 unspecified atom stereocenters. The minimum Gasteiger partial charge on any atom is -0.496 e. The molecule has 3 aromatic carbocycles. The van der Waals surface area contributed by atoms with Crippen LogP contribution < -0.4 is 14.8 Å². The molecule has 1 heterocycles. The summed E-state index contributed by atoms with van der Waals surface area (Å²) in [6.45, 7) is 6.81. The highest BCUT2D eigenvalue weighted by Crippen LogP contribution is 2.25. The smallest absolute Gasteiger partial charge is 0.255 e. The van der Waals surface area contributed by atoms with E-state index in [1.54, 1.807) is 49.6 Å². The minimum atomic E-state index is -0.221. The second kappa shape index (κ2) is 10.7. The van der Waals surface area contributed by atoms with Gasteiger partial charge in [-0.2, -0.15) is 5.10 Å². The Balaban J connectivity index is 1.50. The lowest BCUT2D eigenvalue weighted by atomic mass is 10.1. The summed E-state index contributed by atoms with van der Waals surface area (Å²) in [5, 5.41) is 8.32. The van der Waals surface area contributed by atoms with Gasteiger partial charge in [0.05, 0.1) is 30.7 Å². The fourth-order valence-corrected chi connectivity index (χ4v) is 3.93. The molecule has 0 saturated heterocycles. The summed E-state index contributed by atoms with van der Waals surface area (Å²) >= 11 is 5.94. The Hall–Kier alpha value is -3.77. The van der Waals surface area contributed by atoms with Crippen LogP contribution in [-0.2, 0) is 13.2 Å². The van der Waals surface area contributed by atoms with Crippen molar-refractivity contribution >= 4 is 23.2 Å². The molecule has 7 heteroatoms. The fraction of sp³-hybridized carbons (Fsp3) is 0.214. The number of aromatic nitrogens is 2. The van der Waals surface area contributed by atoms with Gasteiger partial charge in [-0.25, -0.2) is 0 Å². The van der Waals surface area contributed by atoms with Gasteiger partial charge in [-0.3, -0.25) is 9.48 Å². The standard InChI is InChI=1S/C28H28ClN3O3/c1-18-5-7-21(8-6-18)16-32-20(3)27(19(2)31-32)30-28(33)22-9-14-26(34-4)23(15-22)17-35-25-12-10-24(29)11-13-25/h5-15H,16-17H2,1-4H3,(H,30,33). The van der Waals surface area contributed by atoms with Crippen LogP contribution in [0.5, 0.6) is 11.5 Å². The molecule has 0 saturated carbocycles. The van der Waals surface area contributed by atoms with Crippen LogP contribution in [0.4, 0.5) is 5.69 Å². The number of hydrogen-bond donors (Lipinski definition) is 1. The van der Waals surface area contributed by atoms with Crippen molar-refractivity contribution in [1.29, 1.82) is 0 Å². The largest absolute Gasteiger partial charge is 0.496 e. The first-order valence-electron chi connectivity index (χ1n) is 11.3. The van der Waals surface area contributed by atoms with Gasteiger partial charge in [0.25, 0.3) is 5.91 Å². The molecule has 0 aliphatic carbocycles. The number of benzene rings is 3. The topological polar surface area (TPSA) is 65.4 Å². The van der Waals surface area contributed by atoms with Gasteiger partial charge in [-0.05, 0) is 68.8 Å². The first-order chi connectivity index (χ1) is 16.8. The Morgan fingerprint density at radius 1 is 1.00 bits per heavy atom. The van der Waals surface area contributed by atoms with E-state index in [2.05, 4.69) is 41.6 Å². The minimum absolute atomic E-state index is 0.221. The molecule has 1 aromatic heterocycles. The van der Waals surface area contributed by atoms with Crippen LogP contribution in [-0.4, -0.2) is 22.8 Å². The van der Waals surface area contributed by atoms with Crippen molar-refractivity contribution in [2.45, 2.75) is 33.9 Å². The van der Waals surface area contributed by atoms with E-state index in [9.17, 15) is 4.79 Å². The molecule has 35 heavy (non-hydrogen) atoms. The number of amides is 1. The zero-order valence-corrected chi connectivity index (χ0v) is 21.0. The van der Waals surface area contributed by atoms with Crippen LogP contribution in [0.25, 0.3) is 0 Å². The summed E-state index contributed by atoms with van der Waals surface area (Å²) in [7, 11) is 1.59. The molecule has 0 atom stereocenters. The second-order valence-corrected chi connectivity index (χ2v) is 8.85. The number of aryl methyl sites for hydroxylation is 2. The number of hydrogen-bond acceptors (Lipinski definition) is 4. The highest BCUT2D eigenvalue weighted by molar-refractivity contribution is 6.30. The van der Waals surface area contributed by atoms with Crippen LogP contribution in [0.2, 0.25) is 5.02 Å². The molecule has 1 N–H and O–H groups in total. The molecule has 4 aromatic rings. The number of nitrogens with zero attached hydrogens (tertiary/aromatic N) is 2. The number of methoxy groups -OCH3 is 1. The van der Waals surface area contributed by atoms with Crippen LogP contribution in [0.3, 0.4) is 0 Å². The predicted molar refractivity (Wildman–Crippen MR) is 139 cm³/mol. The fourth-order valence-electron chi connectivity index (χ4n) is 3.81. The number of halogens is 1. The van der Waals surface area contributed by atoms with E-state index in [0.29, 0.717) is 28.6 Å². The van der Waals surface area contributed by atoms with Gasteiger partial charge in [-0.1, -0.05) is 41.4 Å². The van der Waals surface area contributed by atoms with E-state index in [0.717, 1.165) is 28.2 Å². The zero-order valence-electron chi connectivity index (χ0n) is 20.3. The maximum Gasteiger partial charge on any atom is 0.255 e. The highest BCUT2D eigenvalue weighted by atomic mass is 35.5. The van der Waals surface area contributed by atoms with E-state index < -0.39 is 0 Å². The first-order valence-corrected chi connectivity index (χ1v) is 11.7. The van der Waals surface area contributed by atoms with Crippen molar-refractivity contribution in [1.82, 2.24) is 9.78 Å². The summed E-state index contributed by atoms with van der Waals surface area (Å²) < 4.78 is 13.2. The lowest BCUT2D eigenvalue weighted by Crippen LogP contribution is -2.14. The summed E-state index contributed by atoms with van der Waals surface area (Å²) in [5.74, 6) is 1.11. The van der Waals surface area contributed by atoms with E-state index >= 15 is 0 Å². The predicted octanol–water partition coefficient (Wildman–Crippen LogP) is 6.35. The van der Waals surface area contributed by atoms with E-state index in [1.165, 1.54) is 5.56 Å². The third-order valence-electron chi connectivity index (χ3n) is 5.82. The average molecular weight is 490 g/mol. The molecule has 1 amide bonds. The van der Waals surface area contributed by atoms with Crippen LogP contribution in [0, 0.1) is 20.8 Å². The third-order valence-corrected chi connectivity index (χ3v) is 6.08. The van der Waals surface area contributed by atoms with Crippen molar-refractivity contribution in [3.8, 4) is 11.5 Å². The van der Waals surface area contributed by atoms with Crippen molar-refractivity contribution in [2.24, 2.45) is 0 Å². The Kier molecular flexibility index (Phi) is 7.42. The van der Waals surface area contributed by atoms with Crippen LogP contribution in [0.15, 0.2) is 66.7 Å². The normalized spacial score (nSPS) is 10.8. The van der Waals surface area contributed by atoms with E-state index in [-0.39, 0.29) is 12.5 Å². The number of anilines is 1. The number of rotatable bonds is 8. The van der Waals surface area contributed by atoms with E-state index in [1.807, 2.05) is 18.5 Å². The number of carbonyl (C=O) groups is 1. The summed E-state index contributed by atoms with van der Waals surface area (Å²) in [6, 6.07) is 20.8. The maximum atomic E-state index is 13.1. The molecule has 0 aliphatic heterocycles. The highest BCUT2D eigenvalue weighted by Gasteiger charge is 2.17. The van der Waals surface area contributed by atoms with Gasteiger partial charge < -0.3 is 14.8 Å². The molecule has 0 fully saturated rings. The molecule has 0 bridgehead atoms. The van der Waals surface area contributed by atoms with Crippen LogP contribution >= 0.6 is 11.6 Å². The molecule has 4 rings (SSSR count). The third kappa shape index (κ3) is 5.84. The van der Waals surface area contributed by atoms with Crippen LogP contribution in [0.1, 0.15) is 38.4 Å². The lowest BCUT2D eigenvalue weighted by Gasteiger charge is -2.13. The average Bonchev–Trinajstić information content (AvgIpc) is 3.12. The monoisotopic (exact) mass is 489 g/mol. The van der Waals surface area contributed by atoms with Gasteiger partial charge in [0, 0.05) is 16.1 Å². The Morgan fingerprint density at radius 2 is 1.71 bits per heavy atom. The summed E-state index contributed by atoms with van der Waals surface area (Å²) in [4.78, 5) is 13.1. The molecular weight excluding hydrogens is 462 g/mol. The Labute approximate surface area is 210 Å². The molecular formula is C28H28ClN3O3. The number of nitrogens with one attached hydrogen (secondary N) is 1. The second-order valence-electron chi connectivity index (χ2n) is 8.41. The molecule has 0 spiro atoms. The first kappa shape index (κ1) is 24.4. The van der Waals surface area contributed by atoms with Crippen molar-refractivity contribution < 1.29 is 14.3 Å². The van der Waals surface area contributed by atoms with Gasteiger partial charge >= 0.3 is 0 Å². The van der Waals surface area contributed by atoms with Gasteiger partial charge in [-0.15, -0.1) is 0 Å². The van der Waals surface area contributed by atoms with Crippen molar-refractivity contribution in [3.05, 3.63) is 105 Å². The molecule has 6 nitrogen and oxygen atoms in total.